The van der Waals surface area contributed by atoms with E-state index in [-0.39, 0.29) is 11.9 Å². The van der Waals surface area contributed by atoms with Gasteiger partial charge in [0.2, 0.25) is 5.91 Å². The van der Waals surface area contributed by atoms with Crippen LogP contribution in [0.4, 0.5) is 0 Å². The van der Waals surface area contributed by atoms with Crippen molar-refractivity contribution in [3.63, 3.8) is 0 Å². The van der Waals surface area contributed by atoms with E-state index in [1.807, 2.05) is 6.92 Å². The summed E-state index contributed by atoms with van der Waals surface area (Å²) >= 11 is 1.77. The highest BCUT2D eigenvalue weighted by molar-refractivity contribution is 7.12. The van der Waals surface area contributed by atoms with Crippen LogP contribution in [0.5, 0.6) is 0 Å². The second-order valence-corrected chi connectivity index (χ2v) is 4.82. The largest absolute Gasteiger partial charge is 0.355 e. The maximum atomic E-state index is 11.2. The molecule has 0 aliphatic heterocycles. The molecule has 0 saturated carbocycles. The average Bonchev–Trinajstić information content (AvgIpc) is 2.62. The van der Waals surface area contributed by atoms with Gasteiger partial charge in [-0.25, -0.2) is 0 Å². The van der Waals surface area contributed by atoms with Crippen LogP contribution in [-0.2, 0) is 4.79 Å². The summed E-state index contributed by atoms with van der Waals surface area (Å²) in [5.41, 5.74) is 0. The molecule has 0 aromatic carbocycles. The molecule has 0 aliphatic carbocycles. The number of hydrogen-bond acceptors (Lipinski definition) is 3. The Hall–Kier alpha value is -0.870. The van der Waals surface area contributed by atoms with Gasteiger partial charge in [0.05, 0.1) is 6.54 Å². The first-order chi connectivity index (χ1) is 7.13. The third kappa shape index (κ3) is 4.01. The van der Waals surface area contributed by atoms with Crippen LogP contribution in [0.15, 0.2) is 12.1 Å². The van der Waals surface area contributed by atoms with Crippen LogP contribution in [0.3, 0.4) is 0 Å². The minimum absolute atomic E-state index is 0.0534. The molecule has 84 valence electrons. The molecule has 1 heterocycles. The first-order valence-electron chi connectivity index (χ1n) is 5.20. The number of rotatable bonds is 5. The van der Waals surface area contributed by atoms with Crippen molar-refractivity contribution in [2.45, 2.75) is 26.8 Å². The Morgan fingerprint density at radius 3 is 2.80 bits per heavy atom. The number of hydrogen-bond donors (Lipinski definition) is 2. The highest BCUT2D eigenvalue weighted by atomic mass is 32.1. The molecule has 15 heavy (non-hydrogen) atoms. The quantitative estimate of drug-likeness (QED) is 0.804. The second kappa shape index (κ2) is 5.88. The molecule has 0 bridgehead atoms. The predicted molar refractivity (Wildman–Crippen MR) is 64.2 cm³/mol. The number of thiophene rings is 1. The Kier molecular flexibility index (Phi) is 4.78. The molecule has 1 rings (SSSR count). The van der Waals surface area contributed by atoms with E-state index < -0.39 is 0 Å². The van der Waals surface area contributed by atoms with Crippen molar-refractivity contribution in [2.24, 2.45) is 0 Å². The normalized spacial score (nSPS) is 12.5. The molecule has 2 N–H and O–H groups in total. The zero-order valence-corrected chi connectivity index (χ0v) is 10.3. The molecule has 0 fully saturated rings. The molecular formula is C11H18N2OS. The van der Waals surface area contributed by atoms with Gasteiger partial charge in [-0.15, -0.1) is 11.3 Å². The molecular weight excluding hydrogens is 208 g/mol. The van der Waals surface area contributed by atoms with Gasteiger partial charge in [-0.05, 0) is 32.9 Å². The van der Waals surface area contributed by atoms with Crippen LogP contribution in [-0.4, -0.2) is 19.0 Å². The molecule has 0 saturated heterocycles. The van der Waals surface area contributed by atoms with Crippen LogP contribution in [0.2, 0.25) is 0 Å². The molecule has 1 aromatic rings. The van der Waals surface area contributed by atoms with Gasteiger partial charge in [0.15, 0.2) is 0 Å². The smallest absolute Gasteiger partial charge is 0.233 e. The van der Waals surface area contributed by atoms with E-state index in [9.17, 15) is 4.79 Å². The highest BCUT2D eigenvalue weighted by Gasteiger charge is 2.08. The van der Waals surface area contributed by atoms with Crippen LogP contribution < -0.4 is 10.6 Å². The number of nitrogens with one attached hydrogen (secondary N) is 2. The van der Waals surface area contributed by atoms with Gasteiger partial charge in [0.25, 0.3) is 0 Å². The Morgan fingerprint density at radius 1 is 1.53 bits per heavy atom. The van der Waals surface area contributed by atoms with Crippen LogP contribution >= 0.6 is 11.3 Å². The van der Waals surface area contributed by atoms with Crippen molar-refractivity contribution < 1.29 is 4.79 Å². The Bertz CT molecular complexity index is 322. The van der Waals surface area contributed by atoms with Gasteiger partial charge in [0, 0.05) is 22.3 Å². The fraction of sp³-hybridized carbons (Fsp3) is 0.545. The van der Waals surface area contributed by atoms with Crippen LogP contribution in [0.1, 0.15) is 29.6 Å². The molecule has 1 unspecified atom stereocenters. The number of carbonyl (C=O) groups excluding carboxylic acids is 1. The minimum Gasteiger partial charge on any atom is -0.355 e. The number of likely N-dealkylation sites (N-methyl/N-ethyl adjacent to an activating group) is 1. The van der Waals surface area contributed by atoms with E-state index in [4.69, 9.17) is 0 Å². The summed E-state index contributed by atoms with van der Waals surface area (Å²) in [5, 5.41) is 5.95. The lowest BCUT2D eigenvalue weighted by atomic mass is 10.2. The summed E-state index contributed by atoms with van der Waals surface area (Å²) in [6.45, 7) is 7.15. The lowest BCUT2D eigenvalue weighted by Crippen LogP contribution is -2.34. The molecule has 0 aliphatic rings. The second-order valence-electron chi connectivity index (χ2n) is 3.50. The van der Waals surface area contributed by atoms with E-state index >= 15 is 0 Å². The van der Waals surface area contributed by atoms with Gasteiger partial charge < -0.3 is 10.6 Å². The number of amides is 1. The van der Waals surface area contributed by atoms with Gasteiger partial charge in [0.1, 0.15) is 0 Å². The molecule has 4 heteroatoms. The maximum absolute atomic E-state index is 11.2. The first kappa shape index (κ1) is 12.2. The average molecular weight is 226 g/mol. The topological polar surface area (TPSA) is 41.1 Å². The minimum atomic E-state index is 0.0534. The SMILES string of the molecule is CCNC(=O)CNC(C)c1ccc(C)s1. The standard InChI is InChI=1S/C11H18N2OS/c1-4-12-11(14)7-13-9(3)10-6-5-8(2)15-10/h5-6,9,13H,4,7H2,1-3H3,(H,12,14). The highest BCUT2D eigenvalue weighted by Crippen LogP contribution is 2.21. The molecule has 0 radical (unpaired) electrons. The third-order valence-corrected chi connectivity index (χ3v) is 3.31. The third-order valence-electron chi connectivity index (χ3n) is 2.13. The summed E-state index contributed by atoms with van der Waals surface area (Å²) in [4.78, 5) is 13.8. The van der Waals surface area contributed by atoms with Gasteiger partial charge in [-0.1, -0.05) is 0 Å². The van der Waals surface area contributed by atoms with E-state index in [2.05, 4.69) is 36.6 Å². The van der Waals surface area contributed by atoms with Crippen molar-refractivity contribution in [2.75, 3.05) is 13.1 Å². The monoisotopic (exact) mass is 226 g/mol. The fourth-order valence-corrected chi connectivity index (χ4v) is 2.20. The number of aryl methyl sites for hydroxylation is 1. The summed E-state index contributed by atoms with van der Waals surface area (Å²) in [6, 6.07) is 4.45. The molecule has 3 nitrogen and oxygen atoms in total. The van der Waals surface area contributed by atoms with Crippen LogP contribution in [0.25, 0.3) is 0 Å². The predicted octanol–water partition coefficient (Wildman–Crippen LogP) is 1.84. The lowest BCUT2D eigenvalue weighted by molar-refractivity contribution is -0.120. The fourth-order valence-electron chi connectivity index (χ4n) is 1.29. The van der Waals surface area contributed by atoms with Crippen molar-refractivity contribution in [1.82, 2.24) is 10.6 Å². The molecule has 1 amide bonds. The van der Waals surface area contributed by atoms with Gasteiger partial charge >= 0.3 is 0 Å². The summed E-state index contributed by atoms with van der Waals surface area (Å²) in [6.07, 6.45) is 0. The zero-order chi connectivity index (χ0) is 11.3. The van der Waals surface area contributed by atoms with Crippen molar-refractivity contribution >= 4 is 17.2 Å². The zero-order valence-electron chi connectivity index (χ0n) is 9.46. The molecule has 0 spiro atoms. The van der Waals surface area contributed by atoms with E-state index in [0.29, 0.717) is 13.1 Å². The van der Waals surface area contributed by atoms with Crippen molar-refractivity contribution in [3.05, 3.63) is 21.9 Å². The van der Waals surface area contributed by atoms with Crippen LogP contribution in [0, 0.1) is 6.92 Å². The maximum Gasteiger partial charge on any atom is 0.233 e. The van der Waals surface area contributed by atoms with E-state index in [0.717, 1.165) is 0 Å². The lowest BCUT2D eigenvalue weighted by Gasteiger charge is -2.11. The van der Waals surface area contributed by atoms with Crippen molar-refractivity contribution in [3.8, 4) is 0 Å². The Labute approximate surface area is 94.9 Å². The van der Waals surface area contributed by atoms with Gasteiger partial charge in [-0.3, -0.25) is 4.79 Å². The summed E-state index contributed by atoms with van der Waals surface area (Å²) in [7, 11) is 0. The van der Waals surface area contributed by atoms with E-state index in [1.165, 1.54) is 9.75 Å². The van der Waals surface area contributed by atoms with Gasteiger partial charge in [-0.2, -0.15) is 0 Å². The Morgan fingerprint density at radius 2 is 2.27 bits per heavy atom. The first-order valence-corrected chi connectivity index (χ1v) is 6.01. The number of carbonyl (C=O) groups is 1. The summed E-state index contributed by atoms with van der Waals surface area (Å²) in [5.74, 6) is 0.0534. The molecule has 1 aromatic heterocycles. The summed E-state index contributed by atoms with van der Waals surface area (Å²) < 4.78 is 0. The Balaban J connectivity index is 2.36. The molecule has 1 atom stereocenters. The van der Waals surface area contributed by atoms with Crippen molar-refractivity contribution in [1.29, 1.82) is 0 Å². The van der Waals surface area contributed by atoms with E-state index in [1.54, 1.807) is 11.3 Å².